The molecule has 0 saturated heterocycles. The number of aliphatic imine (C=N–C) groups is 1. The predicted molar refractivity (Wildman–Crippen MR) is 84.8 cm³/mol. The standard InChI is InChI=1S/C16H15N3O3/c1-21-16(20)10-2-5-12(6-3-10)18-15-9-22-14-7-4-11(17)8-13(14)19-15/h2-8H,9,17H2,1H3,(H,18,19). The largest absolute Gasteiger partial charge is 0.483 e. The molecule has 3 rings (SSSR count). The van der Waals surface area contributed by atoms with E-state index in [-0.39, 0.29) is 5.97 Å². The van der Waals surface area contributed by atoms with Crippen LogP contribution in [0.3, 0.4) is 0 Å². The number of rotatable bonds is 2. The molecule has 0 amide bonds. The summed E-state index contributed by atoms with van der Waals surface area (Å²) in [6.07, 6.45) is 0. The van der Waals surface area contributed by atoms with Crippen LogP contribution in [0.5, 0.6) is 5.75 Å². The summed E-state index contributed by atoms with van der Waals surface area (Å²) in [5.41, 5.74) is 8.38. The highest BCUT2D eigenvalue weighted by atomic mass is 16.5. The number of nitrogens with two attached hydrogens (primary N) is 1. The van der Waals surface area contributed by atoms with Crippen molar-refractivity contribution in [2.24, 2.45) is 4.99 Å². The number of benzene rings is 2. The molecule has 6 heteroatoms. The highest BCUT2D eigenvalue weighted by Gasteiger charge is 2.13. The molecule has 3 N–H and O–H groups in total. The molecule has 0 bridgehead atoms. The van der Waals surface area contributed by atoms with Crippen LogP contribution in [0, 0.1) is 0 Å². The molecule has 2 aromatic rings. The molecule has 1 heterocycles. The van der Waals surface area contributed by atoms with Gasteiger partial charge >= 0.3 is 5.97 Å². The molecule has 1 aliphatic heterocycles. The lowest BCUT2D eigenvalue weighted by molar-refractivity contribution is 0.0601. The van der Waals surface area contributed by atoms with Gasteiger partial charge in [-0.25, -0.2) is 9.79 Å². The maximum absolute atomic E-state index is 11.4. The van der Waals surface area contributed by atoms with Gasteiger partial charge in [0.25, 0.3) is 0 Å². The number of nitrogens with one attached hydrogen (secondary N) is 1. The van der Waals surface area contributed by atoms with E-state index in [1.54, 1.807) is 42.5 Å². The number of carbonyl (C=O) groups excluding carboxylic acids is 1. The summed E-state index contributed by atoms with van der Waals surface area (Å²) in [4.78, 5) is 15.9. The summed E-state index contributed by atoms with van der Waals surface area (Å²) in [5.74, 6) is 1.01. The van der Waals surface area contributed by atoms with Gasteiger partial charge in [0.15, 0.2) is 0 Å². The number of esters is 1. The Hall–Kier alpha value is -3.02. The number of fused-ring (bicyclic) bond motifs is 1. The first-order valence-electron chi connectivity index (χ1n) is 6.71. The van der Waals surface area contributed by atoms with Crippen molar-refractivity contribution in [3.05, 3.63) is 48.0 Å². The third kappa shape index (κ3) is 2.85. The van der Waals surface area contributed by atoms with Crippen molar-refractivity contribution < 1.29 is 14.3 Å². The molecule has 0 radical (unpaired) electrons. The number of hydrogen-bond donors (Lipinski definition) is 2. The van der Waals surface area contributed by atoms with Gasteiger partial charge in [-0.05, 0) is 42.5 Å². The molecule has 2 aromatic carbocycles. The van der Waals surface area contributed by atoms with E-state index in [9.17, 15) is 4.79 Å². The van der Waals surface area contributed by atoms with E-state index in [4.69, 9.17) is 10.5 Å². The number of anilines is 2. The van der Waals surface area contributed by atoms with Gasteiger partial charge in [-0.15, -0.1) is 0 Å². The molecule has 0 unspecified atom stereocenters. The molecule has 0 saturated carbocycles. The first-order chi connectivity index (χ1) is 10.7. The van der Waals surface area contributed by atoms with Crippen molar-refractivity contribution in [1.82, 2.24) is 0 Å². The lowest BCUT2D eigenvalue weighted by Crippen LogP contribution is -2.23. The molecule has 0 spiro atoms. The zero-order valence-corrected chi connectivity index (χ0v) is 12.0. The van der Waals surface area contributed by atoms with Gasteiger partial charge in [-0.1, -0.05) is 0 Å². The lowest BCUT2D eigenvalue weighted by Gasteiger charge is -2.18. The topological polar surface area (TPSA) is 85.9 Å². The second kappa shape index (κ2) is 5.77. The zero-order chi connectivity index (χ0) is 15.5. The Kier molecular flexibility index (Phi) is 3.65. The fraction of sp³-hybridized carbons (Fsp3) is 0.125. The molecular weight excluding hydrogens is 282 g/mol. The minimum Gasteiger partial charge on any atom is -0.483 e. The first kappa shape index (κ1) is 13.9. The van der Waals surface area contributed by atoms with Crippen LogP contribution in [0.1, 0.15) is 10.4 Å². The van der Waals surface area contributed by atoms with Crippen LogP contribution in [0.15, 0.2) is 47.5 Å². The van der Waals surface area contributed by atoms with E-state index < -0.39 is 0 Å². The van der Waals surface area contributed by atoms with Crippen LogP contribution in [0.2, 0.25) is 0 Å². The Bertz CT molecular complexity index is 739. The molecule has 0 aromatic heterocycles. The van der Waals surface area contributed by atoms with Crippen LogP contribution in [0.4, 0.5) is 17.1 Å². The van der Waals surface area contributed by atoms with E-state index in [1.807, 2.05) is 0 Å². The number of methoxy groups -OCH3 is 1. The third-order valence-electron chi connectivity index (χ3n) is 3.20. The predicted octanol–water partition coefficient (Wildman–Crippen LogP) is 2.59. The fourth-order valence-corrected chi connectivity index (χ4v) is 2.11. The second-order valence-corrected chi connectivity index (χ2v) is 4.77. The Labute approximate surface area is 127 Å². The van der Waals surface area contributed by atoms with Gasteiger partial charge < -0.3 is 20.5 Å². The quantitative estimate of drug-likeness (QED) is 0.657. The van der Waals surface area contributed by atoms with Gasteiger partial charge in [-0.3, -0.25) is 0 Å². The van der Waals surface area contributed by atoms with E-state index in [0.29, 0.717) is 35.1 Å². The third-order valence-corrected chi connectivity index (χ3v) is 3.20. The van der Waals surface area contributed by atoms with Crippen molar-refractivity contribution >= 4 is 28.9 Å². The van der Waals surface area contributed by atoms with Crippen LogP contribution in [-0.4, -0.2) is 25.5 Å². The average molecular weight is 297 g/mol. The molecule has 0 aliphatic carbocycles. The molecule has 112 valence electrons. The minimum absolute atomic E-state index is 0.343. The van der Waals surface area contributed by atoms with Gasteiger partial charge in [-0.2, -0.15) is 0 Å². The first-order valence-corrected chi connectivity index (χ1v) is 6.71. The molecule has 22 heavy (non-hydrogen) atoms. The van der Waals surface area contributed by atoms with Crippen LogP contribution in [-0.2, 0) is 4.74 Å². The fourth-order valence-electron chi connectivity index (χ4n) is 2.11. The van der Waals surface area contributed by atoms with Crippen LogP contribution in [0.25, 0.3) is 0 Å². The summed E-state index contributed by atoms with van der Waals surface area (Å²) >= 11 is 0. The molecular formula is C16H15N3O3. The van der Waals surface area contributed by atoms with E-state index in [1.165, 1.54) is 7.11 Å². The maximum Gasteiger partial charge on any atom is 0.337 e. The van der Waals surface area contributed by atoms with Crippen molar-refractivity contribution in [2.45, 2.75) is 0 Å². The number of carbonyl (C=O) groups is 1. The summed E-state index contributed by atoms with van der Waals surface area (Å²) < 4.78 is 10.3. The summed E-state index contributed by atoms with van der Waals surface area (Å²) in [6.45, 7) is 0.343. The van der Waals surface area contributed by atoms with E-state index >= 15 is 0 Å². The van der Waals surface area contributed by atoms with Gasteiger partial charge in [0, 0.05) is 11.4 Å². The number of hydrogen-bond acceptors (Lipinski definition) is 6. The summed E-state index contributed by atoms with van der Waals surface area (Å²) in [7, 11) is 1.35. The maximum atomic E-state index is 11.4. The number of ether oxygens (including phenoxy) is 2. The normalized spacial score (nSPS) is 12.7. The number of amidine groups is 1. The van der Waals surface area contributed by atoms with Gasteiger partial charge in [0.05, 0.1) is 12.7 Å². The Morgan fingerprint density at radius 3 is 2.77 bits per heavy atom. The molecule has 6 nitrogen and oxygen atoms in total. The number of nitrogens with zero attached hydrogens (tertiary/aromatic N) is 1. The number of nitrogen functional groups attached to an aromatic ring is 1. The summed E-state index contributed by atoms with van der Waals surface area (Å²) in [6, 6.07) is 12.3. The molecule has 0 atom stereocenters. The van der Waals surface area contributed by atoms with E-state index in [0.717, 1.165) is 5.69 Å². The van der Waals surface area contributed by atoms with Gasteiger partial charge in [0.2, 0.25) is 0 Å². The Morgan fingerprint density at radius 2 is 2.05 bits per heavy atom. The van der Waals surface area contributed by atoms with Crippen molar-refractivity contribution in [3.8, 4) is 5.75 Å². The molecule has 0 fully saturated rings. The van der Waals surface area contributed by atoms with Crippen LogP contribution < -0.4 is 15.8 Å². The van der Waals surface area contributed by atoms with Gasteiger partial charge in [0.1, 0.15) is 23.9 Å². The Balaban J connectivity index is 1.77. The minimum atomic E-state index is -0.366. The molecule has 1 aliphatic rings. The lowest BCUT2D eigenvalue weighted by atomic mass is 10.2. The van der Waals surface area contributed by atoms with E-state index in [2.05, 4.69) is 15.0 Å². The van der Waals surface area contributed by atoms with Crippen molar-refractivity contribution in [1.29, 1.82) is 0 Å². The highest BCUT2D eigenvalue weighted by molar-refractivity contribution is 6.00. The zero-order valence-electron chi connectivity index (χ0n) is 12.0. The van der Waals surface area contributed by atoms with Crippen LogP contribution >= 0.6 is 0 Å². The Morgan fingerprint density at radius 1 is 1.27 bits per heavy atom. The highest BCUT2D eigenvalue weighted by Crippen LogP contribution is 2.32. The second-order valence-electron chi connectivity index (χ2n) is 4.77. The summed E-state index contributed by atoms with van der Waals surface area (Å²) in [5, 5.41) is 3.16. The van der Waals surface area contributed by atoms with Crippen molar-refractivity contribution in [3.63, 3.8) is 0 Å². The van der Waals surface area contributed by atoms with Crippen molar-refractivity contribution in [2.75, 3.05) is 24.8 Å². The monoisotopic (exact) mass is 297 g/mol. The average Bonchev–Trinajstić information content (AvgIpc) is 2.54. The SMILES string of the molecule is COC(=O)c1ccc(NC2=Nc3cc(N)ccc3OC2)cc1. The smallest absolute Gasteiger partial charge is 0.337 e.